The number of carbonyl (C=O) groups excluding carboxylic acids is 3. The summed E-state index contributed by atoms with van der Waals surface area (Å²) in [6.45, 7) is 0. The van der Waals surface area contributed by atoms with Crippen LogP contribution >= 0.6 is 11.6 Å². The highest BCUT2D eigenvalue weighted by Gasteiger charge is 2.70. The van der Waals surface area contributed by atoms with E-state index in [0.717, 1.165) is 17.2 Å². The van der Waals surface area contributed by atoms with Crippen LogP contribution in [0.15, 0.2) is 97.2 Å². The fourth-order valence-electron chi connectivity index (χ4n) is 6.95. The van der Waals surface area contributed by atoms with E-state index in [1.807, 2.05) is 53.4 Å². The standard InChI is InChI=1S/C34H24ClFN2O4/c1-42-27-15-12-21(18-25(27)36)30(39)28-29(31(40)20-10-13-22(35)14-11-20)38-17-16-19-6-2-3-7-23(19)32(38)34(28)24-8-4-5-9-26(24)37-33(34)41/h2-18,28-29,32H,1H3,(H,37,41). The zero-order valence-electron chi connectivity index (χ0n) is 22.4. The largest absolute Gasteiger partial charge is 0.494 e. The monoisotopic (exact) mass is 578 g/mol. The summed E-state index contributed by atoms with van der Waals surface area (Å²) in [5.41, 5.74) is 1.78. The van der Waals surface area contributed by atoms with Crippen molar-refractivity contribution in [1.29, 1.82) is 0 Å². The molecular weight excluding hydrogens is 555 g/mol. The maximum atomic E-state index is 15.0. The molecule has 3 aliphatic rings. The van der Waals surface area contributed by atoms with E-state index < -0.39 is 35.0 Å². The first kappa shape index (κ1) is 26.2. The fraction of sp³-hybridized carbons (Fsp3) is 0.147. The third-order valence-electron chi connectivity index (χ3n) is 8.69. The van der Waals surface area contributed by atoms with Gasteiger partial charge in [-0.15, -0.1) is 0 Å². The first-order valence-electron chi connectivity index (χ1n) is 13.5. The molecule has 4 aromatic rings. The molecule has 3 heterocycles. The van der Waals surface area contributed by atoms with Crippen molar-refractivity contribution < 1.29 is 23.5 Å². The molecule has 208 valence electrons. The average Bonchev–Trinajstić information content (AvgIpc) is 3.49. The van der Waals surface area contributed by atoms with Gasteiger partial charge >= 0.3 is 0 Å². The predicted molar refractivity (Wildman–Crippen MR) is 157 cm³/mol. The molecule has 4 atom stereocenters. The Morgan fingerprint density at radius 3 is 2.40 bits per heavy atom. The summed E-state index contributed by atoms with van der Waals surface area (Å²) in [5.74, 6) is -3.19. The molecule has 1 N–H and O–H groups in total. The van der Waals surface area contributed by atoms with Gasteiger partial charge in [-0.1, -0.05) is 54.1 Å². The second kappa shape index (κ2) is 9.67. The molecule has 8 heteroatoms. The number of methoxy groups -OCH3 is 1. The molecule has 1 spiro atoms. The van der Waals surface area contributed by atoms with Crippen LogP contribution in [0, 0.1) is 11.7 Å². The number of Topliss-reactive ketones (excluding diaryl/α,β-unsaturated/α-hetero) is 2. The topological polar surface area (TPSA) is 75.7 Å². The molecule has 1 amide bonds. The average molecular weight is 579 g/mol. The smallest absolute Gasteiger partial charge is 0.238 e. The maximum Gasteiger partial charge on any atom is 0.238 e. The van der Waals surface area contributed by atoms with Crippen molar-refractivity contribution in [3.8, 4) is 5.75 Å². The van der Waals surface area contributed by atoms with E-state index in [1.165, 1.54) is 19.2 Å². The Hall–Kier alpha value is -4.75. The van der Waals surface area contributed by atoms with Crippen molar-refractivity contribution >= 4 is 40.8 Å². The number of nitrogens with one attached hydrogen (secondary N) is 1. The molecule has 0 saturated carbocycles. The summed E-state index contributed by atoms with van der Waals surface area (Å²) in [6.07, 6.45) is 3.68. The van der Waals surface area contributed by atoms with E-state index in [2.05, 4.69) is 5.32 Å². The number of ketones is 2. The van der Waals surface area contributed by atoms with Gasteiger partial charge in [0.15, 0.2) is 23.1 Å². The molecule has 0 bridgehead atoms. The minimum atomic E-state index is -1.50. The van der Waals surface area contributed by atoms with Crippen molar-refractivity contribution in [3.63, 3.8) is 0 Å². The molecule has 0 aliphatic carbocycles. The first-order valence-corrected chi connectivity index (χ1v) is 13.9. The SMILES string of the molecule is COc1ccc(C(=O)C2C(C(=O)c3ccc(Cl)cc3)N3C=Cc4ccccc4C3C23C(=O)Nc2ccccc23)cc1F. The lowest BCUT2D eigenvalue weighted by atomic mass is 9.62. The van der Waals surface area contributed by atoms with Crippen LogP contribution in [-0.2, 0) is 10.2 Å². The van der Waals surface area contributed by atoms with Crippen LogP contribution in [0.4, 0.5) is 10.1 Å². The van der Waals surface area contributed by atoms with Crippen LogP contribution in [0.25, 0.3) is 6.08 Å². The van der Waals surface area contributed by atoms with Gasteiger partial charge in [0.25, 0.3) is 0 Å². The number of para-hydroxylation sites is 1. The minimum Gasteiger partial charge on any atom is -0.494 e. The zero-order valence-corrected chi connectivity index (χ0v) is 23.1. The van der Waals surface area contributed by atoms with E-state index in [0.29, 0.717) is 21.8 Å². The second-order valence-corrected chi connectivity index (χ2v) is 11.1. The molecule has 42 heavy (non-hydrogen) atoms. The number of hydrogen-bond donors (Lipinski definition) is 1. The number of halogens is 2. The number of carbonyl (C=O) groups is 3. The highest BCUT2D eigenvalue weighted by molar-refractivity contribution is 6.30. The third-order valence-corrected chi connectivity index (χ3v) is 8.94. The van der Waals surface area contributed by atoms with Gasteiger partial charge in [0.2, 0.25) is 5.91 Å². The highest BCUT2D eigenvalue weighted by Crippen LogP contribution is 2.62. The number of fused-ring (bicyclic) bond motifs is 6. The molecule has 0 radical (unpaired) electrons. The van der Waals surface area contributed by atoms with E-state index in [9.17, 15) is 18.8 Å². The Kier molecular flexibility index (Phi) is 6.02. The number of benzene rings is 4. The van der Waals surface area contributed by atoms with Gasteiger partial charge in [0.05, 0.1) is 19.1 Å². The minimum absolute atomic E-state index is 0.0142. The van der Waals surface area contributed by atoms with E-state index in [-0.39, 0.29) is 23.0 Å². The Bertz CT molecular complexity index is 1820. The summed E-state index contributed by atoms with van der Waals surface area (Å²) >= 11 is 6.13. The lowest BCUT2D eigenvalue weighted by Crippen LogP contribution is -2.49. The van der Waals surface area contributed by atoms with Gasteiger partial charge in [0.1, 0.15) is 11.5 Å². The molecule has 4 unspecified atom stereocenters. The van der Waals surface area contributed by atoms with Crippen LogP contribution in [0.5, 0.6) is 5.75 Å². The van der Waals surface area contributed by atoms with Crippen LogP contribution in [0.3, 0.4) is 0 Å². The van der Waals surface area contributed by atoms with Crippen molar-refractivity contribution in [2.75, 3.05) is 12.4 Å². The summed E-state index contributed by atoms with van der Waals surface area (Å²) in [5, 5.41) is 3.46. The maximum absolute atomic E-state index is 15.0. The van der Waals surface area contributed by atoms with Crippen LogP contribution < -0.4 is 10.1 Å². The van der Waals surface area contributed by atoms with Crippen LogP contribution in [-0.4, -0.2) is 35.5 Å². The molecule has 0 aromatic heterocycles. The molecule has 7 rings (SSSR count). The fourth-order valence-corrected chi connectivity index (χ4v) is 7.08. The molecule has 1 saturated heterocycles. The van der Waals surface area contributed by atoms with Gasteiger partial charge < -0.3 is 15.0 Å². The second-order valence-electron chi connectivity index (χ2n) is 10.7. The van der Waals surface area contributed by atoms with Gasteiger partial charge in [-0.3, -0.25) is 14.4 Å². The van der Waals surface area contributed by atoms with Crippen LogP contribution in [0.1, 0.15) is 43.4 Å². The Balaban J connectivity index is 1.52. The molecule has 4 aromatic carbocycles. The first-order chi connectivity index (χ1) is 20.4. The van der Waals surface area contributed by atoms with Crippen molar-refractivity contribution in [2.45, 2.75) is 17.5 Å². The van der Waals surface area contributed by atoms with E-state index >= 15 is 0 Å². The molecular formula is C34H24ClFN2O4. The Morgan fingerprint density at radius 2 is 1.64 bits per heavy atom. The number of hydrogen-bond acceptors (Lipinski definition) is 5. The summed E-state index contributed by atoms with van der Waals surface area (Å²) < 4.78 is 20.0. The van der Waals surface area contributed by atoms with Crippen molar-refractivity contribution in [1.82, 2.24) is 4.90 Å². The summed E-state index contributed by atoms with van der Waals surface area (Å²) in [6, 6.07) is 23.6. The molecule has 3 aliphatic heterocycles. The number of anilines is 1. The number of ether oxygens (including phenoxy) is 1. The Labute approximate surface area is 246 Å². The quantitative estimate of drug-likeness (QED) is 0.275. The van der Waals surface area contributed by atoms with Gasteiger partial charge in [-0.25, -0.2) is 4.39 Å². The number of amides is 1. The van der Waals surface area contributed by atoms with Crippen molar-refractivity contribution in [3.05, 3.63) is 136 Å². The lowest BCUT2D eigenvalue weighted by Gasteiger charge is -2.38. The molecule has 6 nitrogen and oxygen atoms in total. The van der Waals surface area contributed by atoms with Crippen LogP contribution in [0.2, 0.25) is 5.02 Å². The summed E-state index contributed by atoms with van der Waals surface area (Å²) in [7, 11) is 1.34. The highest BCUT2D eigenvalue weighted by atomic mass is 35.5. The summed E-state index contributed by atoms with van der Waals surface area (Å²) in [4.78, 5) is 45.5. The van der Waals surface area contributed by atoms with Gasteiger partial charge in [-0.05, 0) is 71.3 Å². The predicted octanol–water partition coefficient (Wildman–Crippen LogP) is 6.47. The number of nitrogens with zero attached hydrogens (tertiary/aromatic N) is 1. The van der Waals surface area contributed by atoms with Gasteiger partial charge in [-0.2, -0.15) is 0 Å². The zero-order chi connectivity index (χ0) is 29.2. The lowest BCUT2D eigenvalue weighted by molar-refractivity contribution is -0.122. The molecule has 1 fully saturated rings. The van der Waals surface area contributed by atoms with Gasteiger partial charge in [0, 0.05) is 28.0 Å². The Morgan fingerprint density at radius 1 is 0.929 bits per heavy atom. The van der Waals surface area contributed by atoms with E-state index in [1.54, 1.807) is 36.5 Å². The van der Waals surface area contributed by atoms with Crippen molar-refractivity contribution in [2.24, 2.45) is 5.92 Å². The number of rotatable bonds is 5. The normalized spacial score (nSPS) is 23.3. The van der Waals surface area contributed by atoms with E-state index in [4.69, 9.17) is 16.3 Å². The third kappa shape index (κ3) is 3.59.